The molecule has 0 bridgehead atoms. The fourth-order valence-electron chi connectivity index (χ4n) is 1.24. The van der Waals surface area contributed by atoms with Crippen molar-refractivity contribution in [3.8, 4) is 0 Å². The number of carboxylic acid groups (broad SMARTS) is 1. The minimum absolute atomic E-state index is 0.0790. The Morgan fingerprint density at radius 3 is 2.13 bits per heavy atom. The van der Waals surface area contributed by atoms with Gasteiger partial charge in [0.05, 0.1) is 0 Å². The van der Waals surface area contributed by atoms with E-state index in [0.29, 0.717) is 0 Å². The summed E-state index contributed by atoms with van der Waals surface area (Å²) in [7, 11) is -1.93. The van der Waals surface area contributed by atoms with Gasteiger partial charge in [-0.25, -0.2) is 4.79 Å². The SMILES string of the molecule is CC(C)(C)[Si](C)(C)OC(C(=O)O)C1CC1. The number of hydrogen-bond acceptors (Lipinski definition) is 2. The van der Waals surface area contributed by atoms with Crippen LogP contribution in [0.4, 0.5) is 0 Å². The van der Waals surface area contributed by atoms with Crippen LogP contribution in [-0.2, 0) is 9.22 Å². The first-order chi connectivity index (χ1) is 6.65. The summed E-state index contributed by atoms with van der Waals surface area (Å²) in [5, 5.41) is 9.19. The van der Waals surface area contributed by atoms with E-state index in [1.54, 1.807) is 0 Å². The lowest BCUT2D eigenvalue weighted by Crippen LogP contribution is -2.46. The Labute approximate surface area is 93.0 Å². The van der Waals surface area contributed by atoms with Crippen LogP contribution in [0.2, 0.25) is 18.1 Å². The molecule has 1 atom stereocenters. The average Bonchev–Trinajstić information content (AvgIpc) is 2.79. The van der Waals surface area contributed by atoms with Crippen LogP contribution >= 0.6 is 0 Å². The Morgan fingerprint density at radius 1 is 1.40 bits per heavy atom. The maximum atomic E-state index is 11.1. The van der Waals surface area contributed by atoms with Crippen LogP contribution in [0.15, 0.2) is 0 Å². The van der Waals surface area contributed by atoms with Crippen molar-refractivity contribution in [3.05, 3.63) is 0 Å². The van der Waals surface area contributed by atoms with Gasteiger partial charge in [-0.2, -0.15) is 0 Å². The van der Waals surface area contributed by atoms with E-state index >= 15 is 0 Å². The minimum atomic E-state index is -1.93. The molecular formula is C11H22O3Si. The van der Waals surface area contributed by atoms with E-state index in [0.717, 1.165) is 12.8 Å². The molecule has 88 valence electrons. The summed E-state index contributed by atoms with van der Waals surface area (Å²) in [4.78, 5) is 11.1. The van der Waals surface area contributed by atoms with Crippen molar-refractivity contribution in [1.82, 2.24) is 0 Å². The summed E-state index contributed by atoms with van der Waals surface area (Å²) in [6.45, 7) is 10.6. The van der Waals surface area contributed by atoms with Crippen LogP contribution in [0, 0.1) is 5.92 Å². The van der Waals surface area contributed by atoms with Crippen LogP contribution in [0.5, 0.6) is 0 Å². The van der Waals surface area contributed by atoms with Gasteiger partial charge < -0.3 is 9.53 Å². The summed E-state index contributed by atoms with van der Waals surface area (Å²) < 4.78 is 5.93. The van der Waals surface area contributed by atoms with Crippen molar-refractivity contribution in [2.45, 2.75) is 57.8 Å². The smallest absolute Gasteiger partial charge is 0.331 e. The Bertz CT molecular complexity index is 251. The third-order valence-electron chi connectivity index (χ3n) is 3.52. The molecule has 0 aromatic carbocycles. The van der Waals surface area contributed by atoms with Gasteiger partial charge in [0, 0.05) is 0 Å². The molecule has 1 aliphatic rings. The molecule has 1 rings (SSSR count). The zero-order valence-corrected chi connectivity index (χ0v) is 11.3. The van der Waals surface area contributed by atoms with E-state index in [1.165, 1.54) is 0 Å². The summed E-state index contributed by atoms with van der Waals surface area (Å²) in [6.07, 6.45) is 1.45. The Kier molecular flexibility index (Phi) is 3.31. The Hall–Kier alpha value is -0.353. The topological polar surface area (TPSA) is 46.5 Å². The van der Waals surface area contributed by atoms with E-state index in [-0.39, 0.29) is 11.0 Å². The average molecular weight is 230 g/mol. The number of hydrogen-bond donors (Lipinski definition) is 1. The highest BCUT2D eigenvalue weighted by Gasteiger charge is 2.45. The zero-order chi connectivity index (χ0) is 11.9. The van der Waals surface area contributed by atoms with Crippen LogP contribution in [-0.4, -0.2) is 25.5 Å². The molecule has 1 aliphatic carbocycles. The Morgan fingerprint density at radius 2 is 1.87 bits per heavy atom. The van der Waals surface area contributed by atoms with Gasteiger partial charge in [-0.3, -0.25) is 0 Å². The molecule has 1 saturated carbocycles. The molecule has 1 fully saturated rings. The lowest BCUT2D eigenvalue weighted by molar-refractivity contribution is -0.146. The van der Waals surface area contributed by atoms with Crippen molar-refractivity contribution < 1.29 is 14.3 Å². The predicted molar refractivity (Wildman–Crippen MR) is 62.4 cm³/mol. The van der Waals surface area contributed by atoms with Crippen molar-refractivity contribution in [2.75, 3.05) is 0 Å². The fraction of sp³-hybridized carbons (Fsp3) is 0.909. The standard InChI is InChI=1S/C11H22O3Si/c1-11(2,3)15(4,5)14-9(10(12)13)8-6-7-8/h8-9H,6-7H2,1-5H3,(H,12,13). The van der Waals surface area contributed by atoms with Crippen molar-refractivity contribution in [2.24, 2.45) is 5.92 Å². The molecule has 4 heteroatoms. The molecule has 0 aromatic heterocycles. The van der Waals surface area contributed by atoms with Crippen molar-refractivity contribution in [1.29, 1.82) is 0 Å². The maximum Gasteiger partial charge on any atom is 0.331 e. The molecule has 0 aromatic rings. The molecule has 15 heavy (non-hydrogen) atoms. The van der Waals surface area contributed by atoms with Gasteiger partial charge in [0.15, 0.2) is 8.32 Å². The van der Waals surface area contributed by atoms with Crippen LogP contribution in [0.1, 0.15) is 33.6 Å². The number of carbonyl (C=O) groups is 1. The van der Waals surface area contributed by atoms with Crippen molar-refractivity contribution >= 4 is 14.3 Å². The third-order valence-corrected chi connectivity index (χ3v) is 7.98. The van der Waals surface area contributed by atoms with E-state index in [1.807, 2.05) is 0 Å². The molecule has 1 N–H and O–H groups in total. The van der Waals surface area contributed by atoms with Gasteiger partial charge in [-0.05, 0) is 36.9 Å². The second-order valence-electron chi connectivity index (χ2n) is 5.97. The molecule has 3 nitrogen and oxygen atoms in total. The van der Waals surface area contributed by atoms with Crippen LogP contribution < -0.4 is 0 Å². The van der Waals surface area contributed by atoms with Gasteiger partial charge in [0.1, 0.15) is 6.10 Å². The second kappa shape index (κ2) is 3.90. The van der Waals surface area contributed by atoms with Gasteiger partial charge in [0.2, 0.25) is 0 Å². The monoisotopic (exact) mass is 230 g/mol. The first-order valence-corrected chi connectivity index (χ1v) is 8.46. The molecule has 1 unspecified atom stereocenters. The molecule has 0 amide bonds. The predicted octanol–water partition coefficient (Wildman–Crippen LogP) is 2.87. The fourth-order valence-corrected chi connectivity index (χ4v) is 2.52. The van der Waals surface area contributed by atoms with Gasteiger partial charge in [-0.15, -0.1) is 0 Å². The quantitative estimate of drug-likeness (QED) is 0.755. The number of carboxylic acids is 1. The normalized spacial score (nSPS) is 20.1. The minimum Gasteiger partial charge on any atom is -0.479 e. The lowest BCUT2D eigenvalue weighted by Gasteiger charge is -2.38. The summed E-state index contributed by atoms with van der Waals surface area (Å²) in [5.41, 5.74) is 0. The zero-order valence-electron chi connectivity index (χ0n) is 10.3. The summed E-state index contributed by atoms with van der Waals surface area (Å²) >= 11 is 0. The highest BCUT2D eigenvalue weighted by Crippen LogP contribution is 2.42. The van der Waals surface area contributed by atoms with Gasteiger partial charge in [-0.1, -0.05) is 20.8 Å². The summed E-state index contributed by atoms with van der Waals surface area (Å²) in [5.74, 6) is -0.529. The van der Waals surface area contributed by atoms with E-state index in [4.69, 9.17) is 9.53 Å². The molecule has 0 radical (unpaired) electrons. The second-order valence-corrected chi connectivity index (χ2v) is 10.7. The molecule has 0 heterocycles. The number of rotatable bonds is 4. The first kappa shape index (κ1) is 12.7. The number of aliphatic carboxylic acids is 1. The van der Waals surface area contributed by atoms with E-state index < -0.39 is 20.4 Å². The van der Waals surface area contributed by atoms with Gasteiger partial charge in [0.25, 0.3) is 0 Å². The first-order valence-electron chi connectivity index (χ1n) is 5.56. The highest BCUT2D eigenvalue weighted by atomic mass is 28.4. The maximum absolute atomic E-state index is 11.1. The molecule has 0 aliphatic heterocycles. The highest BCUT2D eigenvalue weighted by molar-refractivity contribution is 6.74. The molecule has 0 saturated heterocycles. The van der Waals surface area contributed by atoms with Crippen molar-refractivity contribution in [3.63, 3.8) is 0 Å². The molecular weight excluding hydrogens is 208 g/mol. The lowest BCUT2D eigenvalue weighted by atomic mass is 10.2. The van der Waals surface area contributed by atoms with E-state index in [2.05, 4.69) is 33.9 Å². The Balaban J connectivity index is 2.69. The van der Waals surface area contributed by atoms with Gasteiger partial charge >= 0.3 is 5.97 Å². The van der Waals surface area contributed by atoms with Crippen LogP contribution in [0.3, 0.4) is 0 Å². The summed E-state index contributed by atoms with van der Waals surface area (Å²) in [6, 6.07) is 0. The van der Waals surface area contributed by atoms with Crippen LogP contribution in [0.25, 0.3) is 0 Å². The third kappa shape index (κ3) is 3.05. The largest absolute Gasteiger partial charge is 0.479 e. The van der Waals surface area contributed by atoms with E-state index in [9.17, 15) is 4.79 Å². The molecule has 0 spiro atoms.